The predicted octanol–water partition coefficient (Wildman–Crippen LogP) is -1.87. The SMILES string of the molecule is CO/N=C(\C(=O)NC1C(=O)N2C(C(=O)[O-])=C(C[n+]3cccc4c(N)cccc43)CS[C@H]12)c1noc(N)n1. The van der Waals surface area contributed by atoms with Crippen LogP contribution in [0.15, 0.2) is 57.5 Å². The number of thioether (sulfide) groups is 1. The van der Waals surface area contributed by atoms with Crippen molar-refractivity contribution < 1.29 is 33.4 Å². The molecule has 1 aromatic carbocycles. The van der Waals surface area contributed by atoms with Gasteiger partial charge in [-0.15, -0.1) is 11.8 Å². The van der Waals surface area contributed by atoms with Crippen LogP contribution < -0.4 is 26.5 Å². The molecule has 2 atom stereocenters. The number of nitrogen functional groups attached to an aromatic ring is 2. The van der Waals surface area contributed by atoms with Gasteiger partial charge < -0.3 is 36.0 Å². The minimum atomic E-state index is -1.48. The third-order valence-electron chi connectivity index (χ3n) is 5.89. The summed E-state index contributed by atoms with van der Waals surface area (Å²) in [6, 6.07) is 7.84. The number of aliphatic carboxylic acids is 1. The molecule has 0 spiro atoms. The second kappa shape index (κ2) is 9.42. The van der Waals surface area contributed by atoms with E-state index in [-0.39, 0.29) is 35.5 Å². The molecule has 2 amide bonds. The van der Waals surface area contributed by atoms with Gasteiger partial charge in [0.05, 0.1) is 17.1 Å². The molecule has 190 valence electrons. The summed E-state index contributed by atoms with van der Waals surface area (Å²) in [7, 11) is 1.21. The lowest BCUT2D eigenvalue weighted by Gasteiger charge is -2.50. The van der Waals surface area contributed by atoms with Crippen molar-refractivity contribution in [3.8, 4) is 0 Å². The number of carbonyl (C=O) groups is 3. The van der Waals surface area contributed by atoms with Crippen molar-refractivity contribution in [2.45, 2.75) is 18.0 Å². The number of hydrogen-bond acceptors (Lipinski definition) is 12. The van der Waals surface area contributed by atoms with Crippen LogP contribution in [0.3, 0.4) is 0 Å². The molecule has 0 saturated carbocycles. The predicted molar refractivity (Wildman–Crippen MR) is 128 cm³/mol. The third-order valence-corrected chi connectivity index (χ3v) is 7.23. The lowest BCUT2D eigenvalue weighted by Crippen LogP contribution is -2.71. The maximum atomic E-state index is 13.0. The Hall–Kier alpha value is -4.66. The first kappa shape index (κ1) is 24.1. The van der Waals surface area contributed by atoms with Crippen LogP contribution in [-0.4, -0.2) is 62.8 Å². The number of carboxylic acids is 1. The topological polar surface area (TPSA) is 206 Å². The molecular formula is C22H20N8O6S. The minimum absolute atomic E-state index is 0.203. The van der Waals surface area contributed by atoms with Gasteiger partial charge in [0.2, 0.25) is 17.1 Å². The smallest absolute Gasteiger partial charge is 0.319 e. The summed E-state index contributed by atoms with van der Waals surface area (Å²) in [6.07, 6.45) is 1.81. The quantitative estimate of drug-likeness (QED) is 0.103. The monoisotopic (exact) mass is 524 g/mol. The first-order chi connectivity index (χ1) is 17.8. The van der Waals surface area contributed by atoms with E-state index in [1.54, 1.807) is 12.3 Å². The number of carbonyl (C=O) groups excluding carboxylic acids is 3. The number of nitrogens with one attached hydrogen (secondary N) is 1. The van der Waals surface area contributed by atoms with Crippen LogP contribution in [0.2, 0.25) is 0 Å². The molecule has 2 aliphatic rings. The van der Waals surface area contributed by atoms with E-state index in [1.807, 2.05) is 28.8 Å². The standard InChI is InChI=1S/C22H20N8O6S/c1-35-27-14(17-26-22(24)36-28-17)18(31)25-15-19(32)30-16(21(33)34)10(9-37-20(15)30)8-29-7-3-4-11-12(23)5-2-6-13(11)29/h2-7,15,20,23H,8-9H2,1H3,(H4,24,25,26,28,31,33,34)/b27-14-/t15?,20-/m1/s1. The Labute approximate surface area is 212 Å². The Bertz CT molecular complexity index is 1500. The largest absolute Gasteiger partial charge is 0.543 e. The molecule has 0 radical (unpaired) electrons. The molecule has 1 saturated heterocycles. The summed E-state index contributed by atoms with van der Waals surface area (Å²) in [5, 5.41) is 22.0. The van der Waals surface area contributed by atoms with Crippen molar-refractivity contribution in [2.75, 3.05) is 24.3 Å². The highest BCUT2D eigenvalue weighted by molar-refractivity contribution is 8.00. The van der Waals surface area contributed by atoms with E-state index in [2.05, 4.69) is 30.0 Å². The second-order valence-electron chi connectivity index (χ2n) is 8.10. The summed E-state index contributed by atoms with van der Waals surface area (Å²) < 4.78 is 6.52. The van der Waals surface area contributed by atoms with Crippen molar-refractivity contribution in [2.24, 2.45) is 5.16 Å². The highest BCUT2D eigenvalue weighted by atomic mass is 32.2. The van der Waals surface area contributed by atoms with Crippen molar-refractivity contribution >= 4 is 57.9 Å². The molecular weight excluding hydrogens is 504 g/mol. The van der Waals surface area contributed by atoms with E-state index in [4.69, 9.17) is 11.5 Å². The van der Waals surface area contributed by atoms with Gasteiger partial charge in [-0.3, -0.25) is 14.5 Å². The highest BCUT2D eigenvalue weighted by Crippen LogP contribution is 2.40. The molecule has 5 N–H and O–H groups in total. The maximum Gasteiger partial charge on any atom is 0.319 e. The fourth-order valence-corrected chi connectivity index (χ4v) is 5.61. The number of hydrogen-bond donors (Lipinski definition) is 3. The number of benzene rings is 1. The Morgan fingerprint density at radius 3 is 2.86 bits per heavy atom. The molecule has 15 heteroatoms. The zero-order valence-electron chi connectivity index (χ0n) is 19.3. The van der Waals surface area contributed by atoms with E-state index >= 15 is 0 Å². The zero-order chi connectivity index (χ0) is 26.3. The van der Waals surface area contributed by atoms with Gasteiger partial charge in [-0.25, -0.2) is 0 Å². The molecule has 1 unspecified atom stereocenters. The van der Waals surface area contributed by atoms with E-state index < -0.39 is 29.2 Å². The third kappa shape index (κ3) is 4.18. The molecule has 4 heterocycles. The molecule has 5 rings (SSSR count). The van der Waals surface area contributed by atoms with Gasteiger partial charge in [0, 0.05) is 29.1 Å². The Morgan fingerprint density at radius 2 is 2.16 bits per heavy atom. The molecule has 3 aromatic rings. The zero-order valence-corrected chi connectivity index (χ0v) is 20.1. The number of nitrogens with two attached hydrogens (primary N) is 2. The molecule has 0 bridgehead atoms. The average Bonchev–Trinajstić information content (AvgIpc) is 3.31. The number of rotatable bonds is 7. The number of carboxylic acid groups (broad SMARTS) is 1. The number of aromatic nitrogens is 3. The highest BCUT2D eigenvalue weighted by Gasteiger charge is 2.53. The average molecular weight is 525 g/mol. The van der Waals surface area contributed by atoms with Crippen LogP contribution in [0.5, 0.6) is 0 Å². The van der Waals surface area contributed by atoms with Crippen LogP contribution in [0.25, 0.3) is 10.9 Å². The van der Waals surface area contributed by atoms with E-state index in [9.17, 15) is 19.5 Å². The number of nitrogens with zero attached hydrogens (tertiary/aromatic N) is 5. The van der Waals surface area contributed by atoms with Crippen LogP contribution in [0, 0.1) is 0 Å². The van der Waals surface area contributed by atoms with Gasteiger partial charge >= 0.3 is 6.01 Å². The Morgan fingerprint density at radius 1 is 1.35 bits per heavy atom. The fraction of sp³-hybridized carbons (Fsp3) is 0.227. The van der Waals surface area contributed by atoms with Gasteiger partial charge in [0.1, 0.15) is 18.5 Å². The number of amides is 2. The molecule has 37 heavy (non-hydrogen) atoms. The minimum Gasteiger partial charge on any atom is -0.543 e. The number of oxime groups is 1. The van der Waals surface area contributed by atoms with Gasteiger partial charge in [-0.2, -0.15) is 9.55 Å². The van der Waals surface area contributed by atoms with Gasteiger partial charge in [-0.1, -0.05) is 16.4 Å². The molecule has 2 aliphatic heterocycles. The number of anilines is 2. The van der Waals surface area contributed by atoms with Crippen LogP contribution >= 0.6 is 11.8 Å². The van der Waals surface area contributed by atoms with E-state index in [1.165, 1.54) is 18.9 Å². The van der Waals surface area contributed by atoms with Crippen LogP contribution in [0.1, 0.15) is 5.82 Å². The lowest BCUT2D eigenvalue weighted by molar-refractivity contribution is -0.663. The van der Waals surface area contributed by atoms with Crippen molar-refractivity contribution in [1.29, 1.82) is 0 Å². The summed E-state index contributed by atoms with van der Waals surface area (Å²) in [5.74, 6) is -2.87. The summed E-state index contributed by atoms with van der Waals surface area (Å²) in [6.45, 7) is 0.203. The van der Waals surface area contributed by atoms with Crippen molar-refractivity contribution in [3.63, 3.8) is 0 Å². The van der Waals surface area contributed by atoms with E-state index in [0.717, 1.165) is 15.8 Å². The van der Waals surface area contributed by atoms with Gasteiger partial charge in [-0.05, 0) is 12.1 Å². The van der Waals surface area contributed by atoms with Crippen molar-refractivity contribution in [1.82, 2.24) is 20.4 Å². The Kier molecular flexibility index (Phi) is 6.12. The van der Waals surface area contributed by atoms with Crippen LogP contribution in [-0.2, 0) is 25.8 Å². The van der Waals surface area contributed by atoms with Crippen LogP contribution in [0.4, 0.5) is 11.7 Å². The Balaban J connectivity index is 1.39. The van der Waals surface area contributed by atoms with E-state index in [0.29, 0.717) is 11.3 Å². The molecule has 14 nitrogen and oxygen atoms in total. The summed E-state index contributed by atoms with van der Waals surface area (Å²) >= 11 is 1.31. The first-order valence-corrected chi connectivity index (χ1v) is 11.9. The molecule has 2 aromatic heterocycles. The first-order valence-electron chi connectivity index (χ1n) is 10.9. The lowest BCUT2D eigenvalue weighted by atomic mass is 10.0. The number of fused-ring (bicyclic) bond motifs is 2. The molecule has 1 fully saturated rings. The normalized spacial score (nSPS) is 19.4. The number of pyridine rings is 1. The fourth-order valence-electron chi connectivity index (χ4n) is 4.28. The molecule has 0 aliphatic carbocycles. The summed E-state index contributed by atoms with van der Waals surface area (Å²) in [4.78, 5) is 47.5. The summed E-state index contributed by atoms with van der Waals surface area (Å²) in [5.41, 5.74) is 12.8. The van der Waals surface area contributed by atoms with Gasteiger partial charge in [0.25, 0.3) is 11.8 Å². The maximum absolute atomic E-state index is 13.0. The van der Waals surface area contributed by atoms with Gasteiger partial charge in [0.15, 0.2) is 12.7 Å². The van der Waals surface area contributed by atoms with Crippen molar-refractivity contribution in [3.05, 3.63) is 53.6 Å². The second-order valence-corrected chi connectivity index (χ2v) is 9.20. The number of β-lactam (4-membered cyclic amide) rings is 1.